The molecule has 2 rings (SSSR count). The quantitative estimate of drug-likeness (QED) is 0.209. The Hall–Kier alpha value is -1.79. The number of pyridine rings is 1. The second-order valence-corrected chi connectivity index (χ2v) is 8.60. The first-order valence-electron chi connectivity index (χ1n) is 8.85. The lowest BCUT2D eigenvalue weighted by Gasteiger charge is -2.27. The zero-order valence-electron chi connectivity index (χ0n) is 16.6. The molecule has 10 heteroatoms. The number of aliphatic imine (C=N–C) groups is 1. The first kappa shape index (κ1) is 25.2. The van der Waals surface area contributed by atoms with E-state index in [-0.39, 0.29) is 46.6 Å². The highest BCUT2D eigenvalue weighted by atomic mass is 127. The Kier molecular flexibility index (Phi) is 9.93. The Morgan fingerprint density at radius 3 is 2.55 bits per heavy atom. The van der Waals surface area contributed by atoms with Gasteiger partial charge in [0.25, 0.3) is 0 Å². The average Bonchev–Trinajstić information content (AvgIpc) is 2.68. The summed E-state index contributed by atoms with van der Waals surface area (Å²) in [6.45, 7) is 5.07. The SMILES string of the molecule is CN=C(NCCNS(=O)(=O)c1cccnc1)NCC(C)(C)c1cccc(F)c1.I. The zero-order valence-corrected chi connectivity index (χ0v) is 19.8. The summed E-state index contributed by atoms with van der Waals surface area (Å²) >= 11 is 0. The first-order valence-corrected chi connectivity index (χ1v) is 10.3. The summed E-state index contributed by atoms with van der Waals surface area (Å²) in [5.74, 6) is 0.263. The minimum Gasteiger partial charge on any atom is -0.356 e. The Balaban J connectivity index is 0.00000420. The Labute approximate surface area is 188 Å². The molecule has 0 atom stereocenters. The lowest BCUT2D eigenvalue weighted by Crippen LogP contribution is -2.45. The van der Waals surface area contributed by atoms with Crippen LogP contribution in [0.1, 0.15) is 19.4 Å². The van der Waals surface area contributed by atoms with Gasteiger partial charge in [-0.1, -0.05) is 26.0 Å². The first-order chi connectivity index (χ1) is 13.2. The van der Waals surface area contributed by atoms with Crippen LogP contribution < -0.4 is 15.4 Å². The number of aromatic nitrogens is 1. The molecule has 0 amide bonds. The van der Waals surface area contributed by atoms with Crippen molar-refractivity contribution in [1.29, 1.82) is 0 Å². The number of rotatable bonds is 8. The van der Waals surface area contributed by atoms with Crippen molar-refractivity contribution in [3.05, 3.63) is 60.2 Å². The predicted octanol–water partition coefficient (Wildman–Crippen LogP) is 2.26. The van der Waals surface area contributed by atoms with Crippen molar-refractivity contribution in [2.75, 3.05) is 26.7 Å². The molecule has 0 saturated heterocycles. The van der Waals surface area contributed by atoms with Crippen molar-refractivity contribution in [1.82, 2.24) is 20.3 Å². The maximum Gasteiger partial charge on any atom is 0.242 e. The van der Waals surface area contributed by atoms with E-state index < -0.39 is 10.0 Å². The number of nitrogens with one attached hydrogen (secondary N) is 3. The van der Waals surface area contributed by atoms with Crippen LogP contribution in [0.3, 0.4) is 0 Å². The molecule has 1 heterocycles. The van der Waals surface area contributed by atoms with Crippen LogP contribution in [0.5, 0.6) is 0 Å². The third-order valence-corrected chi connectivity index (χ3v) is 5.63. The van der Waals surface area contributed by atoms with Gasteiger partial charge in [0.2, 0.25) is 10.0 Å². The van der Waals surface area contributed by atoms with Crippen molar-refractivity contribution in [2.45, 2.75) is 24.2 Å². The van der Waals surface area contributed by atoms with Gasteiger partial charge >= 0.3 is 0 Å². The molecule has 0 radical (unpaired) electrons. The summed E-state index contributed by atoms with van der Waals surface area (Å²) < 4.78 is 40.2. The normalized spacial score (nSPS) is 12.2. The molecule has 2 aromatic rings. The fourth-order valence-electron chi connectivity index (χ4n) is 2.49. The van der Waals surface area contributed by atoms with Gasteiger partial charge in [-0.05, 0) is 29.8 Å². The molecule has 0 aliphatic rings. The van der Waals surface area contributed by atoms with Crippen LogP contribution in [0.4, 0.5) is 4.39 Å². The molecule has 0 saturated carbocycles. The van der Waals surface area contributed by atoms with Gasteiger partial charge in [-0.2, -0.15) is 0 Å². The van der Waals surface area contributed by atoms with Crippen LogP contribution in [0.25, 0.3) is 0 Å². The highest BCUT2D eigenvalue weighted by Gasteiger charge is 2.21. The van der Waals surface area contributed by atoms with Crippen LogP contribution in [0.15, 0.2) is 58.7 Å². The van der Waals surface area contributed by atoms with Crippen LogP contribution >= 0.6 is 24.0 Å². The monoisotopic (exact) mass is 535 g/mol. The molecular formula is C19H27FIN5O2S. The van der Waals surface area contributed by atoms with Gasteiger partial charge in [0, 0.05) is 44.5 Å². The summed E-state index contributed by atoms with van der Waals surface area (Å²) in [5, 5.41) is 6.24. The van der Waals surface area contributed by atoms with Crippen molar-refractivity contribution < 1.29 is 12.8 Å². The molecule has 0 unspecified atom stereocenters. The minimum atomic E-state index is -3.59. The number of benzene rings is 1. The molecule has 160 valence electrons. The molecule has 0 bridgehead atoms. The summed E-state index contributed by atoms with van der Waals surface area (Å²) in [5.41, 5.74) is 0.557. The maximum atomic E-state index is 13.5. The van der Waals surface area contributed by atoms with Gasteiger partial charge < -0.3 is 10.6 Å². The molecule has 7 nitrogen and oxygen atoms in total. The summed E-state index contributed by atoms with van der Waals surface area (Å²) in [7, 11) is -1.96. The fraction of sp³-hybridized carbons (Fsp3) is 0.368. The highest BCUT2D eigenvalue weighted by Crippen LogP contribution is 2.22. The molecular weight excluding hydrogens is 508 g/mol. The van der Waals surface area contributed by atoms with Crippen LogP contribution in [0.2, 0.25) is 0 Å². The third-order valence-electron chi connectivity index (χ3n) is 4.18. The Morgan fingerprint density at radius 1 is 1.17 bits per heavy atom. The molecule has 0 aliphatic heterocycles. The number of hydrogen-bond acceptors (Lipinski definition) is 4. The number of hydrogen-bond donors (Lipinski definition) is 3. The lowest BCUT2D eigenvalue weighted by molar-refractivity contribution is 0.503. The highest BCUT2D eigenvalue weighted by molar-refractivity contribution is 14.0. The maximum absolute atomic E-state index is 13.5. The topological polar surface area (TPSA) is 95.5 Å². The second kappa shape index (κ2) is 11.4. The number of nitrogens with zero attached hydrogens (tertiary/aromatic N) is 2. The van der Waals surface area contributed by atoms with E-state index in [1.54, 1.807) is 19.2 Å². The van der Waals surface area contributed by atoms with Gasteiger partial charge in [0.1, 0.15) is 10.7 Å². The van der Waals surface area contributed by atoms with Gasteiger partial charge in [-0.15, -0.1) is 24.0 Å². The van der Waals surface area contributed by atoms with E-state index in [1.807, 2.05) is 19.9 Å². The summed E-state index contributed by atoms with van der Waals surface area (Å²) in [4.78, 5) is 8.06. The molecule has 0 fully saturated rings. The van der Waals surface area contributed by atoms with Gasteiger partial charge in [0.15, 0.2) is 5.96 Å². The van der Waals surface area contributed by atoms with E-state index >= 15 is 0 Å². The third kappa shape index (κ3) is 7.86. The largest absolute Gasteiger partial charge is 0.356 e. The molecule has 3 N–H and O–H groups in total. The second-order valence-electron chi connectivity index (χ2n) is 6.83. The van der Waals surface area contributed by atoms with E-state index in [0.29, 0.717) is 19.0 Å². The fourth-order valence-corrected chi connectivity index (χ4v) is 3.49. The van der Waals surface area contributed by atoms with Crippen LogP contribution in [-0.2, 0) is 15.4 Å². The van der Waals surface area contributed by atoms with Crippen LogP contribution in [0, 0.1) is 5.82 Å². The Morgan fingerprint density at radius 2 is 1.93 bits per heavy atom. The smallest absolute Gasteiger partial charge is 0.242 e. The van der Waals surface area contributed by atoms with Gasteiger partial charge in [-0.3, -0.25) is 9.98 Å². The number of guanidine groups is 1. The van der Waals surface area contributed by atoms with E-state index in [0.717, 1.165) is 5.56 Å². The molecule has 29 heavy (non-hydrogen) atoms. The lowest BCUT2D eigenvalue weighted by atomic mass is 9.84. The van der Waals surface area contributed by atoms with E-state index in [1.165, 1.54) is 30.6 Å². The van der Waals surface area contributed by atoms with Crippen LogP contribution in [-0.4, -0.2) is 46.0 Å². The number of sulfonamides is 1. The molecule has 0 spiro atoms. The number of halogens is 2. The molecule has 1 aromatic carbocycles. The van der Waals surface area contributed by atoms with Crippen molar-refractivity contribution in [3.8, 4) is 0 Å². The van der Waals surface area contributed by atoms with Gasteiger partial charge in [-0.25, -0.2) is 17.5 Å². The molecule has 1 aromatic heterocycles. The van der Waals surface area contributed by atoms with E-state index in [4.69, 9.17) is 0 Å². The average molecular weight is 535 g/mol. The predicted molar refractivity (Wildman–Crippen MR) is 124 cm³/mol. The Bertz CT molecular complexity index is 908. The van der Waals surface area contributed by atoms with E-state index in [2.05, 4.69) is 25.3 Å². The molecule has 0 aliphatic carbocycles. The van der Waals surface area contributed by atoms with Gasteiger partial charge in [0.05, 0.1) is 0 Å². The van der Waals surface area contributed by atoms with Crippen molar-refractivity contribution in [3.63, 3.8) is 0 Å². The van der Waals surface area contributed by atoms with Crippen molar-refractivity contribution in [2.24, 2.45) is 4.99 Å². The zero-order chi connectivity index (χ0) is 20.6. The minimum absolute atomic E-state index is 0. The summed E-state index contributed by atoms with van der Waals surface area (Å²) in [6.07, 6.45) is 2.81. The standard InChI is InChI=1S/C19H26FN5O2S.HI/c1-19(2,15-6-4-7-16(20)12-15)14-24-18(21-3)23-10-11-25-28(26,27)17-8-5-9-22-13-17;/h4-9,12-13,25H,10-11,14H2,1-3H3,(H2,21,23,24);1H. The van der Waals surface area contributed by atoms with Crippen molar-refractivity contribution >= 4 is 40.0 Å². The summed E-state index contributed by atoms with van der Waals surface area (Å²) in [6, 6.07) is 9.56. The van der Waals surface area contributed by atoms with E-state index in [9.17, 15) is 12.8 Å².